The van der Waals surface area contributed by atoms with Gasteiger partial charge >= 0.3 is 6.18 Å². The van der Waals surface area contributed by atoms with Crippen molar-refractivity contribution >= 4 is 22.4 Å². The first kappa shape index (κ1) is 19.2. The molecule has 1 atom stereocenters. The number of sulfonamides is 1. The van der Waals surface area contributed by atoms with Gasteiger partial charge in [-0.25, -0.2) is 13.1 Å². The van der Waals surface area contributed by atoms with Crippen LogP contribution in [0.2, 0.25) is 0 Å². The van der Waals surface area contributed by atoms with Gasteiger partial charge in [-0.3, -0.25) is 4.90 Å². The molecule has 0 aliphatic carbocycles. The molecule has 0 aromatic carbocycles. The molecule has 1 aliphatic rings. The number of nitrogens with zero attached hydrogens (tertiary/aromatic N) is 1. The van der Waals surface area contributed by atoms with Crippen LogP contribution in [0.4, 0.5) is 13.2 Å². The third-order valence-corrected chi connectivity index (χ3v) is 4.51. The molecule has 6 nitrogen and oxygen atoms in total. The van der Waals surface area contributed by atoms with E-state index in [4.69, 9.17) is 4.42 Å². The lowest BCUT2D eigenvalue weighted by Crippen LogP contribution is -2.57. The van der Waals surface area contributed by atoms with Crippen molar-refractivity contribution in [1.29, 1.82) is 0 Å². The van der Waals surface area contributed by atoms with Crippen molar-refractivity contribution in [2.75, 3.05) is 32.7 Å². The Morgan fingerprint density at radius 3 is 2.50 bits per heavy atom. The highest BCUT2D eigenvalue weighted by Crippen LogP contribution is 2.25. The smallest absolute Gasteiger partial charge is 0.405 e. The molecule has 0 spiro atoms. The van der Waals surface area contributed by atoms with Crippen LogP contribution in [-0.2, 0) is 10.0 Å². The predicted molar refractivity (Wildman–Crippen MR) is 75.4 cm³/mol. The molecule has 0 amide bonds. The van der Waals surface area contributed by atoms with Gasteiger partial charge in [0.05, 0.1) is 6.26 Å². The van der Waals surface area contributed by atoms with Gasteiger partial charge in [-0.15, -0.1) is 12.4 Å². The van der Waals surface area contributed by atoms with E-state index in [1.54, 1.807) is 0 Å². The molecule has 128 valence electrons. The maximum absolute atomic E-state index is 13.1. The molecule has 2 rings (SSSR count). The number of alkyl halides is 3. The summed E-state index contributed by atoms with van der Waals surface area (Å²) in [5.74, 6) is 0. The van der Waals surface area contributed by atoms with Gasteiger partial charge in [0.1, 0.15) is 6.04 Å². The first-order chi connectivity index (χ1) is 9.81. The molecule has 0 saturated carbocycles. The monoisotopic (exact) mass is 363 g/mol. The van der Waals surface area contributed by atoms with Crippen LogP contribution in [0.1, 0.15) is 0 Å². The second-order valence-corrected chi connectivity index (χ2v) is 6.33. The molecule has 1 unspecified atom stereocenters. The Morgan fingerprint density at radius 1 is 1.36 bits per heavy atom. The van der Waals surface area contributed by atoms with Crippen LogP contribution in [0.3, 0.4) is 0 Å². The fourth-order valence-electron chi connectivity index (χ4n) is 2.12. The fraction of sp³-hybridized carbons (Fsp3) is 0.636. The maximum atomic E-state index is 13.1. The zero-order valence-corrected chi connectivity index (χ0v) is 13.1. The number of rotatable bonds is 5. The molecule has 1 saturated heterocycles. The molecule has 2 heterocycles. The van der Waals surface area contributed by atoms with Crippen molar-refractivity contribution < 1.29 is 26.0 Å². The average molecular weight is 364 g/mol. The number of halogens is 4. The minimum atomic E-state index is -4.51. The number of hydrogen-bond acceptors (Lipinski definition) is 5. The Morgan fingerprint density at radius 2 is 2.00 bits per heavy atom. The molecule has 1 aromatic rings. The summed E-state index contributed by atoms with van der Waals surface area (Å²) < 4.78 is 69.6. The van der Waals surface area contributed by atoms with Gasteiger partial charge in [-0.1, -0.05) is 0 Å². The summed E-state index contributed by atoms with van der Waals surface area (Å²) in [5, 5.41) is 2.55. The molecular weight excluding hydrogens is 347 g/mol. The predicted octanol–water partition coefficient (Wildman–Crippen LogP) is 0.816. The van der Waals surface area contributed by atoms with Gasteiger partial charge in [-0.2, -0.15) is 13.2 Å². The van der Waals surface area contributed by atoms with E-state index in [1.807, 2.05) is 4.72 Å². The van der Waals surface area contributed by atoms with Crippen molar-refractivity contribution in [3.05, 3.63) is 18.4 Å². The Hall–Kier alpha value is -0.810. The second kappa shape index (κ2) is 7.64. The molecule has 0 bridgehead atoms. The molecule has 1 aromatic heterocycles. The van der Waals surface area contributed by atoms with Crippen LogP contribution in [0.15, 0.2) is 27.9 Å². The number of piperazine rings is 1. The molecule has 11 heteroatoms. The van der Waals surface area contributed by atoms with Gasteiger partial charge < -0.3 is 9.73 Å². The number of nitrogens with one attached hydrogen (secondary N) is 2. The van der Waals surface area contributed by atoms with E-state index >= 15 is 0 Å². The third kappa shape index (κ3) is 4.85. The van der Waals surface area contributed by atoms with Crippen LogP contribution in [0, 0.1) is 0 Å². The highest BCUT2D eigenvalue weighted by atomic mass is 35.5. The SMILES string of the molecule is Cl.O=S(=O)(NCC(N1CCNCC1)C(F)(F)F)c1ccco1. The fourth-order valence-corrected chi connectivity index (χ4v) is 3.08. The Labute approximate surface area is 132 Å². The van der Waals surface area contributed by atoms with E-state index in [0.717, 1.165) is 6.26 Å². The minimum Gasteiger partial charge on any atom is -0.452 e. The quantitative estimate of drug-likeness (QED) is 0.810. The van der Waals surface area contributed by atoms with Gasteiger partial charge in [0.15, 0.2) is 0 Å². The van der Waals surface area contributed by atoms with Crippen LogP contribution in [0.25, 0.3) is 0 Å². The van der Waals surface area contributed by atoms with Crippen molar-refractivity contribution in [2.24, 2.45) is 0 Å². The van der Waals surface area contributed by atoms with Crippen molar-refractivity contribution in [2.45, 2.75) is 17.3 Å². The molecule has 0 radical (unpaired) electrons. The molecule has 2 N–H and O–H groups in total. The van der Waals surface area contributed by atoms with E-state index < -0.39 is 33.9 Å². The first-order valence-corrected chi connectivity index (χ1v) is 7.84. The summed E-state index contributed by atoms with van der Waals surface area (Å²) in [6.07, 6.45) is -3.37. The van der Waals surface area contributed by atoms with E-state index in [1.165, 1.54) is 17.0 Å². The van der Waals surface area contributed by atoms with Crippen molar-refractivity contribution in [1.82, 2.24) is 14.9 Å². The number of furan rings is 1. The lowest BCUT2D eigenvalue weighted by atomic mass is 10.2. The van der Waals surface area contributed by atoms with E-state index in [2.05, 4.69) is 5.32 Å². The lowest BCUT2D eigenvalue weighted by molar-refractivity contribution is -0.182. The molecule has 1 fully saturated rings. The molecule has 1 aliphatic heterocycles. The zero-order valence-electron chi connectivity index (χ0n) is 11.5. The highest BCUT2D eigenvalue weighted by molar-refractivity contribution is 7.89. The van der Waals surface area contributed by atoms with E-state index in [-0.39, 0.29) is 25.5 Å². The molecule has 22 heavy (non-hydrogen) atoms. The van der Waals surface area contributed by atoms with Crippen molar-refractivity contribution in [3.8, 4) is 0 Å². The summed E-state index contributed by atoms with van der Waals surface area (Å²) in [6, 6.07) is 0.673. The van der Waals surface area contributed by atoms with Gasteiger partial charge in [0, 0.05) is 32.7 Å². The lowest BCUT2D eigenvalue weighted by Gasteiger charge is -2.35. The van der Waals surface area contributed by atoms with Crippen molar-refractivity contribution in [3.63, 3.8) is 0 Å². The van der Waals surface area contributed by atoms with Crippen LogP contribution >= 0.6 is 12.4 Å². The summed E-state index contributed by atoms with van der Waals surface area (Å²) in [4.78, 5) is 1.22. The van der Waals surface area contributed by atoms with Crippen LogP contribution < -0.4 is 10.0 Å². The largest absolute Gasteiger partial charge is 0.452 e. The number of hydrogen-bond donors (Lipinski definition) is 2. The summed E-state index contributed by atoms with van der Waals surface area (Å²) in [5.41, 5.74) is 0. The summed E-state index contributed by atoms with van der Waals surface area (Å²) in [6.45, 7) is 0.570. The Kier molecular flexibility index (Phi) is 6.68. The van der Waals surface area contributed by atoms with Crippen LogP contribution in [0.5, 0.6) is 0 Å². The standard InChI is InChI=1S/C11H16F3N3O3S.ClH/c12-11(13,14)9(17-5-3-15-4-6-17)8-16-21(18,19)10-2-1-7-20-10;/h1-2,7,9,15-16H,3-6,8H2;1H. The van der Waals surface area contributed by atoms with Crippen LogP contribution in [-0.4, -0.2) is 58.3 Å². The summed E-state index contributed by atoms with van der Waals surface area (Å²) in [7, 11) is -4.07. The van der Waals surface area contributed by atoms with E-state index in [0.29, 0.717) is 13.1 Å². The Balaban J connectivity index is 0.00000242. The normalized spacial score (nSPS) is 18.7. The second-order valence-electron chi connectivity index (χ2n) is 4.63. The third-order valence-electron chi connectivity index (χ3n) is 3.20. The topological polar surface area (TPSA) is 74.6 Å². The average Bonchev–Trinajstić information content (AvgIpc) is 2.93. The van der Waals surface area contributed by atoms with Gasteiger partial charge in [-0.05, 0) is 12.1 Å². The zero-order chi connectivity index (χ0) is 15.5. The van der Waals surface area contributed by atoms with Gasteiger partial charge in [0.2, 0.25) is 5.09 Å². The van der Waals surface area contributed by atoms with Gasteiger partial charge in [0.25, 0.3) is 10.0 Å². The molecular formula is C11H17ClF3N3O3S. The van der Waals surface area contributed by atoms with E-state index in [9.17, 15) is 21.6 Å². The highest BCUT2D eigenvalue weighted by Gasteiger charge is 2.44. The summed E-state index contributed by atoms with van der Waals surface area (Å²) >= 11 is 0. The first-order valence-electron chi connectivity index (χ1n) is 6.35. The minimum absolute atomic E-state index is 0. The Bertz CT molecular complexity index is 545. The maximum Gasteiger partial charge on any atom is 0.405 e.